The molecule has 0 aromatic heterocycles. The van der Waals surface area contributed by atoms with Crippen molar-refractivity contribution in [2.24, 2.45) is 0 Å². The summed E-state index contributed by atoms with van der Waals surface area (Å²) in [4.78, 5) is 0. The Labute approximate surface area is 98.7 Å². The molecule has 0 saturated heterocycles. The first kappa shape index (κ1) is 12.6. The number of halogens is 1. The molecule has 1 heteroatoms. The van der Waals surface area contributed by atoms with Crippen molar-refractivity contribution >= 4 is 11.6 Å². The zero-order valence-corrected chi connectivity index (χ0v) is 10.3. The maximum Gasteiger partial charge on any atom is 0.0440 e. The fourth-order valence-corrected chi connectivity index (χ4v) is 2.07. The van der Waals surface area contributed by atoms with Crippen molar-refractivity contribution in [3.63, 3.8) is 0 Å². The van der Waals surface area contributed by atoms with Crippen LogP contribution in [0.1, 0.15) is 50.5 Å². The van der Waals surface area contributed by atoms with Gasteiger partial charge in [0.25, 0.3) is 0 Å². The summed E-state index contributed by atoms with van der Waals surface area (Å²) < 4.78 is 0. The molecule has 1 rings (SSSR count). The highest BCUT2D eigenvalue weighted by atomic mass is 35.5. The second-order valence-electron chi connectivity index (χ2n) is 4.07. The zero-order valence-electron chi connectivity index (χ0n) is 9.51. The van der Waals surface area contributed by atoms with E-state index in [4.69, 9.17) is 11.6 Å². The Morgan fingerprint density at radius 1 is 1.20 bits per heavy atom. The third-order valence-corrected chi connectivity index (χ3v) is 3.10. The van der Waals surface area contributed by atoms with E-state index >= 15 is 0 Å². The molecule has 0 spiro atoms. The highest BCUT2D eigenvalue weighted by molar-refractivity contribution is 6.31. The van der Waals surface area contributed by atoms with E-state index in [9.17, 15) is 0 Å². The Morgan fingerprint density at radius 2 is 1.93 bits per heavy atom. The van der Waals surface area contributed by atoms with Crippen LogP contribution in [-0.4, -0.2) is 0 Å². The molecule has 1 unspecified atom stereocenters. The van der Waals surface area contributed by atoms with Gasteiger partial charge in [0.15, 0.2) is 0 Å². The second kappa shape index (κ2) is 6.90. The van der Waals surface area contributed by atoms with Gasteiger partial charge in [0, 0.05) is 5.02 Å². The van der Waals surface area contributed by atoms with Crippen LogP contribution in [0.3, 0.4) is 0 Å². The third kappa shape index (κ3) is 4.25. The first-order valence-corrected chi connectivity index (χ1v) is 6.21. The van der Waals surface area contributed by atoms with Gasteiger partial charge in [-0.15, -0.1) is 0 Å². The molecule has 0 aliphatic heterocycles. The van der Waals surface area contributed by atoms with Crippen molar-refractivity contribution in [3.8, 4) is 0 Å². The molecule has 0 saturated carbocycles. The number of benzene rings is 1. The van der Waals surface area contributed by atoms with Crippen molar-refractivity contribution in [1.82, 2.24) is 0 Å². The van der Waals surface area contributed by atoms with Crippen molar-refractivity contribution in [1.29, 1.82) is 0 Å². The van der Waals surface area contributed by atoms with E-state index in [2.05, 4.69) is 19.9 Å². The van der Waals surface area contributed by atoms with E-state index in [1.807, 2.05) is 18.2 Å². The van der Waals surface area contributed by atoms with Crippen LogP contribution < -0.4 is 0 Å². The predicted molar refractivity (Wildman–Crippen MR) is 68.3 cm³/mol. The van der Waals surface area contributed by atoms with Crippen LogP contribution in [0.25, 0.3) is 0 Å². The normalized spacial score (nSPS) is 12.7. The molecule has 0 amide bonds. The molecular weight excluding hydrogens is 204 g/mol. The average molecular weight is 224 g/mol. The molecule has 0 aliphatic rings. The summed E-state index contributed by atoms with van der Waals surface area (Å²) in [5.74, 6) is 0.343. The minimum Gasteiger partial charge on any atom is -0.0840 e. The van der Waals surface area contributed by atoms with E-state index in [1.54, 1.807) is 0 Å². The topological polar surface area (TPSA) is 0 Å². The molecule has 0 bridgehead atoms. The Balaban J connectivity index is 2.40. The van der Waals surface area contributed by atoms with Crippen LogP contribution in [0.15, 0.2) is 24.3 Å². The summed E-state index contributed by atoms with van der Waals surface area (Å²) >= 11 is 6.12. The van der Waals surface area contributed by atoms with E-state index in [1.165, 1.54) is 31.2 Å². The Morgan fingerprint density at radius 3 is 2.60 bits per heavy atom. The van der Waals surface area contributed by atoms with E-state index in [-0.39, 0.29) is 0 Å². The standard InChI is InChI=1S/C14H20Cl/c1-3-4-5-6-9-12(2)13-10-7-8-11-14(13)15/h7-8,10-12H,2-6,9H2,1H3. The van der Waals surface area contributed by atoms with Crippen molar-refractivity contribution in [2.45, 2.75) is 44.9 Å². The quantitative estimate of drug-likeness (QED) is 0.580. The number of hydrogen-bond acceptors (Lipinski definition) is 0. The van der Waals surface area contributed by atoms with E-state index < -0.39 is 0 Å². The Bertz CT molecular complexity index is 280. The zero-order chi connectivity index (χ0) is 11.1. The van der Waals surface area contributed by atoms with Crippen molar-refractivity contribution < 1.29 is 0 Å². The summed E-state index contributed by atoms with van der Waals surface area (Å²) in [7, 11) is 0. The maximum absolute atomic E-state index is 6.12. The van der Waals surface area contributed by atoms with E-state index in [0.717, 1.165) is 11.4 Å². The molecule has 1 aromatic carbocycles. The van der Waals surface area contributed by atoms with Gasteiger partial charge in [-0.05, 0) is 30.9 Å². The largest absolute Gasteiger partial charge is 0.0840 e. The van der Waals surface area contributed by atoms with Gasteiger partial charge >= 0.3 is 0 Å². The van der Waals surface area contributed by atoms with Gasteiger partial charge in [0.2, 0.25) is 0 Å². The van der Waals surface area contributed by atoms with Gasteiger partial charge in [-0.2, -0.15) is 0 Å². The monoisotopic (exact) mass is 223 g/mol. The molecule has 15 heavy (non-hydrogen) atoms. The van der Waals surface area contributed by atoms with Crippen molar-refractivity contribution in [3.05, 3.63) is 41.8 Å². The molecule has 0 aliphatic carbocycles. The molecule has 83 valence electrons. The lowest BCUT2D eigenvalue weighted by molar-refractivity contribution is 0.602. The van der Waals surface area contributed by atoms with Gasteiger partial charge in [0.1, 0.15) is 0 Å². The Hall–Kier alpha value is -0.490. The summed E-state index contributed by atoms with van der Waals surface area (Å²) in [6, 6.07) is 8.03. The van der Waals surface area contributed by atoms with Gasteiger partial charge in [0.05, 0.1) is 0 Å². The predicted octanol–water partition coefficient (Wildman–Crippen LogP) is 5.23. The van der Waals surface area contributed by atoms with Crippen LogP contribution in [0, 0.1) is 6.92 Å². The first-order chi connectivity index (χ1) is 7.25. The smallest absolute Gasteiger partial charge is 0.0440 e. The number of rotatable bonds is 6. The third-order valence-electron chi connectivity index (χ3n) is 2.75. The fourth-order valence-electron chi connectivity index (χ4n) is 1.78. The lowest BCUT2D eigenvalue weighted by atomic mass is 9.95. The van der Waals surface area contributed by atoms with Gasteiger partial charge in [-0.1, -0.05) is 62.4 Å². The van der Waals surface area contributed by atoms with Crippen LogP contribution >= 0.6 is 11.6 Å². The van der Waals surface area contributed by atoms with Gasteiger partial charge in [-0.3, -0.25) is 0 Å². The van der Waals surface area contributed by atoms with Crippen LogP contribution in [0.5, 0.6) is 0 Å². The molecule has 0 N–H and O–H groups in total. The number of unbranched alkanes of at least 4 members (excludes halogenated alkanes) is 3. The highest BCUT2D eigenvalue weighted by Crippen LogP contribution is 2.27. The summed E-state index contributed by atoms with van der Waals surface area (Å²) in [5.41, 5.74) is 1.19. The lowest BCUT2D eigenvalue weighted by Crippen LogP contribution is -1.95. The van der Waals surface area contributed by atoms with Crippen LogP contribution in [0.4, 0.5) is 0 Å². The lowest BCUT2D eigenvalue weighted by Gasteiger charge is -2.12. The van der Waals surface area contributed by atoms with Gasteiger partial charge in [-0.25, -0.2) is 0 Å². The molecular formula is C14H20Cl. The molecule has 0 fully saturated rings. The number of hydrogen-bond donors (Lipinski definition) is 0. The Kier molecular flexibility index (Phi) is 5.78. The second-order valence-corrected chi connectivity index (χ2v) is 4.47. The molecule has 0 heterocycles. The molecule has 0 nitrogen and oxygen atoms in total. The average Bonchev–Trinajstić information content (AvgIpc) is 2.25. The molecule has 1 aromatic rings. The fraction of sp³-hybridized carbons (Fsp3) is 0.500. The minimum atomic E-state index is 0.343. The molecule has 1 radical (unpaired) electrons. The van der Waals surface area contributed by atoms with E-state index in [0.29, 0.717) is 5.92 Å². The maximum atomic E-state index is 6.12. The SMILES string of the molecule is [CH2]C(CCCCCC)c1ccccc1Cl. The van der Waals surface area contributed by atoms with Crippen LogP contribution in [0.2, 0.25) is 5.02 Å². The summed E-state index contributed by atoms with van der Waals surface area (Å²) in [6.07, 6.45) is 6.33. The summed E-state index contributed by atoms with van der Waals surface area (Å²) in [5, 5.41) is 0.855. The van der Waals surface area contributed by atoms with Crippen LogP contribution in [-0.2, 0) is 0 Å². The molecule has 1 atom stereocenters. The summed E-state index contributed by atoms with van der Waals surface area (Å²) in [6.45, 7) is 6.41. The first-order valence-electron chi connectivity index (χ1n) is 5.83. The highest BCUT2D eigenvalue weighted by Gasteiger charge is 2.08. The van der Waals surface area contributed by atoms with Gasteiger partial charge < -0.3 is 0 Å². The van der Waals surface area contributed by atoms with Crippen molar-refractivity contribution in [2.75, 3.05) is 0 Å². The minimum absolute atomic E-state index is 0.343.